The minimum Gasteiger partial charge on any atom is -0.476 e. The van der Waals surface area contributed by atoms with Crippen LogP contribution in [0.15, 0.2) is 12.1 Å². The van der Waals surface area contributed by atoms with Gasteiger partial charge in [0.15, 0.2) is 5.69 Å². The van der Waals surface area contributed by atoms with Gasteiger partial charge in [-0.15, -0.1) is 0 Å². The Kier molecular flexibility index (Phi) is 5.17. The van der Waals surface area contributed by atoms with E-state index in [1.54, 1.807) is 12.1 Å². The number of hydrogen-bond donors (Lipinski definition) is 2. The number of aromatic nitrogens is 1. The van der Waals surface area contributed by atoms with E-state index in [9.17, 15) is 4.79 Å². The van der Waals surface area contributed by atoms with Crippen LogP contribution >= 0.6 is 11.6 Å². The molecule has 0 amide bonds. The summed E-state index contributed by atoms with van der Waals surface area (Å²) in [6.07, 6.45) is 1.80. The number of hydrogen-bond acceptors (Lipinski definition) is 5. The molecule has 6 nitrogen and oxygen atoms in total. The zero-order valence-corrected chi connectivity index (χ0v) is 11.7. The first kappa shape index (κ1) is 15.0. The molecule has 2 rings (SSSR count). The summed E-state index contributed by atoms with van der Waals surface area (Å²) in [5.41, 5.74) is -0.122. The van der Waals surface area contributed by atoms with Gasteiger partial charge in [-0.2, -0.15) is 0 Å². The summed E-state index contributed by atoms with van der Waals surface area (Å²) in [7, 11) is 0. The molecule has 20 heavy (non-hydrogen) atoms. The topological polar surface area (TPSA) is 82.9 Å². The predicted octanol–water partition coefficient (Wildman–Crippen LogP) is 1.41. The van der Waals surface area contributed by atoms with Crippen LogP contribution in [-0.4, -0.2) is 53.6 Å². The lowest BCUT2D eigenvalue weighted by Gasteiger charge is -2.32. The van der Waals surface area contributed by atoms with Crippen molar-refractivity contribution in [3.63, 3.8) is 0 Å². The maximum Gasteiger partial charge on any atom is 0.356 e. The van der Waals surface area contributed by atoms with Gasteiger partial charge in [-0.1, -0.05) is 11.6 Å². The number of aromatic carboxylic acids is 1. The zero-order chi connectivity index (χ0) is 14.5. The van der Waals surface area contributed by atoms with E-state index in [-0.39, 0.29) is 23.4 Å². The van der Waals surface area contributed by atoms with Gasteiger partial charge in [0.1, 0.15) is 5.82 Å². The molecule has 0 bridgehead atoms. The van der Waals surface area contributed by atoms with Gasteiger partial charge in [-0.25, -0.2) is 9.78 Å². The van der Waals surface area contributed by atoms with Crippen molar-refractivity contribution < 1.29 is 19.7 Å². The average Bonchev–Trinajstić information content (AvgIpc) is 2.46. The number of pyridine rings is 1. The van der Waals surface area contributed by atoms with Crippen molar-refractivity contribution in [1.82, 2.24) is 4.98 Å². The fourth-order valence-corrected chi connectivity index (χ4v) is 2.41. The highest BCUT2D eigenvalue weighted by Crippen LogP contribution is 2.23. The Bertz CT molecular complexity index is 475. The zero-order valence-electron chi connectivity index (χ0n) is 11.0. The van der Waals surface area contributed by atoms with Gasteiger partial charge in [-0.3, -0.25) is 0 Å². The highest BCUT2D eigenvalue weighted by molar-refractivity contribution is 6.33. The van der Waals surface area contributed by atoms with Crippen molar-refractivity contribution in [2.24, 2.45) is 0 Å². The Morgan fingerprint density at radius 2 is 2.15 bits per heavy atom. The third kappa shape index (κ3) is 3.59. The van der Waals surface area contributed by atoms with Crippen LogP contribution in [0.25, 0.3) is 0 Å². The molecule has 7 heteroatoms. The number of carboxylic acids is 1. The summed E-state index contributed by atoms with van der Waals surface area (Å²) in [6, 6.07) is 3.28. The van der Waals surface area contributed by atoms with E-state index in [0.717, 1.165) is 25.9 Å². The number of carboxylic acid groups (broad SMARTS) is 1. The molecule has 110 valence electrons. The van der Waals surface area contributed by atoms with E-state index >= 15 is 0 Å². The summed E-state index contributed by atoms with van der Waals surface area (Å²) >= 11 is 5.80. The molecule has 0 saturated carbocycles. The molecular formula is C13H17ClN2O4. The number of halogens is 1. The Hall–Kier alpha value is -1.37. The SMILES string of the molecule is O=C(O)c1nc(N2CCC(OCCO)CC2)ccc1Cl. The van der Waals surface area contributed by atoms with Crippen LogP contribution in [0.5, 0.6) is 0 Å². The highest BCUT2D eigenvalue weighted by Gasteiger charge is 2.22. The van der Waals surface area contributed by atoms with Crippen molar-refractivity contribution in [3.8, 4) is 0 Å². The number of aliphatic hydroxyl groups is 1. The van der Waals surface area contributed by atoms with E-state index < -0.39 is 5.97 Å². The molecule has 1 aromatic rings. The number of ether oxygens (including phenoxy) is 1. The second-order valence-corrected chi connectivity index (χ2v) is 4.99. The first-order chi connectivity index (χ1) is 9.61. The normalized spacial score (nSPS) is 16.4. The Labute approximate surface area is 121 Å². The van der Waals surface area contributed by atoms with Gasteiger partial charge in [0, 0.05) is 13.1 Å². The molecule has 1 aromatic heterocycles. The Morgan fingerprint density at radius 3 is 2.75 bits per heavy atom. The molecule has 1 saturated heterocycles. The molecule has 2 N–H and O–H groups in total. The van der Waals surface area contributed by atoms with Gasteiger partial charge in [-0.05, 0) is 25.0 Å². The van der Waals surface area contributed by atoms with E-state index in [1.165, 1.54) is 0 Å². The van der Waals surface area contributed by atoms with Gasteiger partial charge >= 0.3 is 5.97 Å². The second-order valence-electron chi connectivity index (χ2n) is 4.59. The van der Waals surface area contributed by atoms with Crippen molar-refractivity contribution in [1.29, 1.82) is 0 Å². The molecule has 1 aliphatic heterocycles. The maximum atomic E-state index is 11.0. The van der Waals surface area contributed by atoms with Crippen molar-refractivity contribution >= 4 is 23.4 Å². The number of piperidine rings is 1. The third-order valence-corrected chi connectivity index (χ3v) is 3.55. The summed E-state index contributed by atoms with van der Waals surface area (Å²) in [4.78, 5) is 17.1. The first-order valence-electron chi connectivity index (χ1n) is 6.49. The summed E-state index contributed by atoms with van der Waals surface area (Å²) in [5, 5.41) is 17.9. The lowest BCUT2D eigenvalue weighted by molar-refractivity contribution is 0.0158. The highest BCUT2D eigenvalue weighted by atomic mass is 35.5. The van der Waals surface area contributed by atoms with Crippen LogP contribution in [0.1, 0.15) is 23.3 Å². The minimum atomic E-state index is -1.13. The standard InChI is InChI=1S/C13H17ClN2O4/c14-10-1-2-11(15-12(10)13(18)19)16-5-3-9(4-6-16)20-8-7-17/h1-2,9,17H,3-8H2,(H,18,19). The largest absolute Gasteiger partial charge is 0.476 e. The molecule has 2 heterocycles. The predicted molar refractivity (Wildman–Crippen MR) is 74.5 cm³/mol. The average molecular weight is 301 g/mol. The van der Waals surface area contributed by atoms with Crippen LogP contribution in [0.2, 0.25) is 5.02 Å². The number of anilines is 1. The van der Waals surface area contributed by atoms with Crippen LogP contribution in [0.4, 0.5) is 5.82 Å². The fraction of sp³-hybridized carbons (Fsp3) is 0.538. The third-order valence-electron chi connectivity index (χ3n) is 3.24. The van der Waals surface area contributed by atoms with Gasteiger partial charge < -0.3 is 19.8 Å². The lowest BCUT2D eigenvalue weighted by atomic mass is 10.1. The van der Waals surface area contributed by atoms with Crippen LogP contribution < -0.4 is 4.90 Å². The number of rotatable bonds is 5. The molecule has 1 aliphatic rings. The maximum absolute atomic E-state index is 11.0. The van der Waals surface area contributed by atoms with Crippen LogP contribution in [0, 0.1) is 0 Å². The monoisotopic (exact) mass is 300 g/mol. The minimum absolute atomic E-state index is 0.0287. The molecule has 0 unspecified atom stereocenters. The van der Waals surface area contributed by atoms with E-state index in [1.807, 2.05) is 4.90 Å². The Morgan fingerprint density at radius 1 is 1.45 bits per heavy atom. The molecule has 0 aliphatic carbocycles. The van der Waals surface area contributed by atoms with Crippen molar-refractivity contribution in [3.05, 3.63) is 22.8 Å². The number of nitrogens with zero attached hydrogens (tertiary/aromatic N) is 2. The van der Waals surface area contributed by atoms with Crippen molar-refractivity contribution in [2.45, 2.75) is 18.9 Å². The molecule has 1 fully saturated rings. The molecule has 0 atom stereocenters. The summed E-state index contributed by atoms with van der Waals surface area (Å²) < 4.78 is 5.49. The second kappa shape index (κ2) is 6.88. The van der Waals surface area contributed by atoms with Crippen molar-refractivity contribution in [2.75, 3.05) is 31.2 Å². The molecular weight excluding hydrogens is 284 g/mol. The number of aliphatic hydroxyl groups excluding tert-OH is 1. The Balaban J connectivity index is 2.00. The smallest absolute Gasteiger partial charge is 0.356 e. The van der Waals surface area contributed by atoms with Gasteiger partial charge in [0.05, 0.1) is 24.3 Å². The summed E-state index contributed by atoms with van der Waals surface area (Å²) in [6.45, 7) is 1.86. The fourth-order valence-electron chi connectivity index (χ4n) is 2.23. The van der Waals surface area contributed by atoms with Gasteiger partial charge in [0.25, 0.3) is 0 Å². The first-order valence-corrected chi connectivity index (χ1v) is 6.87. The van der Waals surface area contributed by atoms with E-state index in [2.05, 4.69) is 4.98 Å². The van der Waals surface area contributed by atoms with Crippen LogP contribution in [-0.2, 0) is 4.74 Å². The lowest BCUT2D eigenvalue weighted by Crippen LogP contribution is -2.38. The van der Waals surface area contributed by atoms with Gasteiger partial charge in [0.2, 0.25) is 0 Å². The quantitative estimate of drug-likeness (QED) is 0.855. The number of carbonyl (C=O) groups is 1. The van der Waals surface area contributed by atoms with E-state index in [4.69, 9.17) is 26.6 Å². The molecule has 0 aromatic carbocycles. The van der Waals surface area contributed by atoms with E-state index in [0.29, 0.717) is 12.4 Å². The summed E-state index contributed by atoms with van der Waals surface area (Å²) in [5.74, 6) is -0.509. The molecule has 0 radical (unpaired) electrons. The molecule has 0 spiro atoms. The van der Waals surface area contributed by atoms with Crippen LogP contribution in [0.3, 0.4) is 0 Å².